The zero-order chi connectivity index (χ0) is 18.1. The van der Waals surface area contributed by atoms with E-state index in [1.54, 1.807) is 0 Å². The average molecular weight is 362 g/mol. The van der Waals surface area contributed by atoms with Crippen LogP contribution in [0, 0.1) is 0 Å². The van der Waals surface area contributed by atoms with Gasteiger partial charge in [0.05, 0.1) is 0 Å². The van der Waals surface area contributed by atoms with Gasteiger partial charge in [-0.1, -0.05) is 123 Å². The van der Waals surface area contributed by atoms with Crippen molar-refractivity contribution in [3.63, 3.8) is 0 Å². The molecule has 0 bridgehead atoms. The molecular formula is C26H19P. The largest absolute Gasteiger partial charge is 0.0766 e. The maximum Gasteiger partial charge on any atom is 0.0147 e. The van der Waals surface area contributed by atoms with Crippen molar-refractivity contribution in [2.75, 3.05) is 0 Å². The molecule has 0 aliphatic heterocycles. The van der Waals surface area contributed by atoms with Crippen molar-refractivity contribution < 1.29 is 0 Å². The van der Waals surface area contributed by atoms with Crippen LogP contribution in [0.1, 0.15) is 0 Å². The zero-order valence-corrected chi connectivity index (χ0v) is 15.8. The quantitative estimate of drug-likeness (QED) is 0.304. The van der Waals surface area contributed by atoms with Crippen LogP contribution in [0.4, 0.5) is 0 Å². The summed E-state index contributed by atoms with van der Waals surface area (Å²) in [5.41, 5.74) is 4.00. The van der Waals surface area contributed by atoms with E-state index in [4.69, 9.17) is 0 Å². The average Bonchev–Trinajstić information content (AvgIpc) is 3.11. The Hall–Kier alpha value is -3.08. The maximum absolute atomic E-state index is 2.31. The smallest absolute Gasteiger partial charge is 0.0147 e. The highest BCUT2D eigenvalue weighted by molar-refractivity contribution is 7.65. The standard InChI is InChI=1S/C26H19P/c1-4-12-20(13-5-1)25-23-18-10-11-19-24(23)27(22-16-8-3-9-17-22)26(25)21-14-6-2-7-15-21/h1-19H. The van der Waals surface area contributed by atoms with E-state index in [1.807, 2.05) is 0 Å². The highest BCUT2D eigenvalue weighted by atomic mass is 31.1. The second kappa shape index (κ2) is 6.91. The van der Waals surface area contributed by atoms with E-state index in [9.17, 15) is 0 Å². The third kappa shape index (κ3) is 2.79. The Morgan fingerprint density at radius 2 is 0.963 bits per heavy atom. The molecule has 0 radical (unpaired) electrons. The molecule has 5 aromatic rings. The lowest BCUT2D eigenvalue weighted by Crippen LogP contribution is -1.80. The van der Waals surface area contributed by atoms with E-state index in [0.29, 0.717) is 0 Å². The highest BCUT2D eigenvalue weighted by Crippen LogP contribution is 2.60. The first kappa shape index (κ1) is 16.1. The molecule has 1 heteroatoms. The molecule has 0 nitrogen and oxygen atoms in total. The van der Waals surface area contributed by atoms with Crippen LogP contribution < -0.4 is 0 Å². The van der Waals surface area contributed by atoms with Crippen molar-refractivity contribution in [3.8, 4) is 27.3 Å². The molecule has 1 unspecified atom stereocenters. The minimum atomic E-state index is -0.579. The molecule has 1 aromatic heterocycles. The fourth-order valence-corrected chi connectivity index (χ4v) is 6.64. The Kier molecular flexibility index (Phi) is 4.13. The van der Waals surface area contributed by atoms with Gasteiger partial charge in [0.1, 0.15) is 0 Å². The predicted octanol–water partition coefficient (Wildman–Crippen LogP) is 8.15. The summed E-state index contributed by atoms with van der Waals surface area (Å²) in [6.45, 7) is 0. The molecule has 5 rings (SSSR count). The summed E-state index contributed by atoms with van der Waals surface area (Å²) >= 11 is 0. The lowest BCUT2D eigenvalue weighted by molar-refractivity contribution is 1.66. The molecule has 0 N–H and O–H groups in total. The molecule has 0 saturated heterocycles. The molecule has 4 aromatic carbocycles. The summed E-state index contributed by atoms with van der Waals surface area (Å²) in [5, 5.41) is 5.70. The van der Waals surface area contributed by atoms with Crippen LogP contribution in [-0.2, 0) is 0 Å². The molecule has 0 amide bonds. The van der Waals surface area contributed by atoms with Crippen molar-refractivity contribution in [2.24, 2.45) is 0 Å². The van der Waals surface area contributed by atoms with Crippen molar-refractivity contribution >= 4 is 18.0 Å². The van der Waals surface area contributed by atoms with E-state index in [1.165, 1.54) is 37.8 Å². The number of benzene rings is 4. The summed E-state index contributed by atoms with van der Waals surface area (Å²) in [6.07, 6.45) is 0. The summed E-state index contributed by atoms with van der Waals surface area (Å²) < 4.78 is 0. The number of hydrogen-bond acceptors (Lipinski definition) is 0. The molecule has 0 fully saturated rings. The minimum absolute atomic E-state index is 0.579. The van der Waals surface area contributed by atoms with Crippen molar-refractivity contribution in [1.82, 2.24) is 0 Å². The monoisotopic (exact) mass is 362 g/mol. The Labute approximate surface area is 160 Å². The van der Waals surface area contributed by atoms with Gasteiger partial charge in [-0.2, -0.15) is 0 Å². The third-order valence-corrected chi connectivity index (χ3v) is 7.61. The van der Waals surface area contributed by atoms with Gasteiger partial charge in [-0.3, -0.25) is 0 Å². The van der Waals surface area contributed by atoms with Crippen LogP contribution in [0.15, 0.2) is 115 Å². The van der Waals surface area contributed by atoms with Gasteiger partial charge < -0.3 is 0 Å². The van der Waals surface area contributed by atoms with Crippen molar-refractivity contribution in [2.45, 2.75) is 0 Å². The summed E-state index contributed by atoms with van der Waals surface area (Å²) in [4.78, 5) is 0. The molecule has 0 aliphatic rings. The molecule has 1 heterocycles. The van der Waals surface area contributed by atoms with Gasteiger partial charge >= 0.3 is 0 Å². The summed E-state index contributed by atoms with van der Waals surface area (Å²) in [6, 6.07) is 41.6. The van der Waals surface area contributed by atoms with Crippen LogP contribution in [0.3, 0.4) is 0 Å². The van der Waals surface area contributed by atoms with Crippen LogP contribution in [0.2, 0.25) is 0 Å². The van der Waals surface area contributed by atoms with Crippen LogP contribution in [0.5, 0.6) is 0 Å². The van der Waals surface area contributed by atoms with Gasteiger partial charge in [-0.15, -0.1) is 0 Å². The van der Waals surface area contributed by atoms with Crippen molar-refractivity contribution in [1.29, 1.82) is 0 Å². The van der Waals surface area contributed by atoms with Gasteiger partial charge in [0.2, 0.25) is 0 Å². The Bertz CT molecular complexity index is 1110. The fourth-order valence-electron chi connectivity index (χ4n) is 3.85. The van der Waals surface area contributed by atoms with Crippen molar-refractivity contribution in [3.05, 3.63) is 115 Å². The lowest BCUT2D eigenvalue weighted by Gasteiger charge is -2.11. The van der Waals surface area contributed by atoms with Gasteiger partial charge in [-0.05, 0) is 21.8 Å². The fraction of sp³-hybridized carbons (Fsp3) is 0. The molecule has 128 valence electrons. The summed E-state index contributed by atoms with van der Waals surface area (Å²) in [5.74, 6) is 0. The van der Waals surface area contributed by atoms with Crippen LogP contribution >= 0.6 is 7.53 Å². The third-order valence-electron chi connectivity index (χ3n) is 5.00. The molecule has 0 aliphatic carbocycles. The lowest BCUT2D eigenvalue weighted by atomic mass is 9.99. The zero-order valence-electron chi connectivity index (χ0n) is 14.9. The molecule has 0 saturated carbocycles. The highest BCUT2D eigenvalue weighted by Gasteiger charge is 2.21. The predicted molar refractivity (Wildman–Crippen MR) is 119 cm³/mol. The Balaban J connectivity index is 1.97. The van der Waals surface area contributed by atoms with E-state index in [0.717, 1.165) is 0 Å². The van der Waals surface area contributed by atoms with Gasteiger partial charge in [0.15, 0.2) is 0 Å². The molecule has 1 atom stereocenters. The molecule has 0 spiro atoms. The first-order chi connectivity index (χ1) is 13.4. The Morgan fingerprint density at radius 3 is 1.63 bits per heavy atom. The van der Waals surface area contributed by atoms with Crippen LogP contribution in [0.25, 0.3) is 37.8 Å². The minimum Gasteiger partial charge on any atom is -0.0766 e. The van der Waals surface area contributed by atoms with E-state index in [2.05, 4.69) is 115 Å². The first-order valence-electron chi connectivity index (χ1n) is 9.23. The van der Waals surface area contributed by atoms with Crippen LogP contribution in [-0.4, -0.2) is 0 Å². The second-order valence-corrected chi connectivity index (χ2v) is 8.76. The molecular weight excluding hydrogens is 343 g/mol. The number of hydrogen-bond donors (Lipinski definition) is 0. The van der Waals surface area contributed by atoms with E-state index < -0.39 is 7.53 Å². The maximum atomic E-state index is 2.31. The normalized spacial score (nSPS) is 11.6. The first-order valence-corrected chi connectivity index (χ1v) is 10.6. The van der Waals surface area contributed by atoms with Gasteiger partial charge in [0.25, 0.3) is 0 Å². The number of rotatable bonds is 3. The second-order valence-electron chi connectivity index (χ2n) is 6.64. The summed E-state index contributed by atoms with van der Waals surface area (Å²) in [7, 11) is -0.579. The SMILES string of the molecule is c1ccc(-c2c(-c3ccccc3)p(-c3ccccc3)c3ccccc23)cc1. The Morgan fingerprint density at radius 1 is 0.444 bits per heavy atom. The van der Waals surface area contributed by atoms with Gasteiger partial charge in [-0.25, -0.2) is 0 Å². The number of fused-ring (bicyclic) bond motifs is 1. The van der Waals surface area contributed by atoms with Gasteiger partial charge in [0, 0.05) is 16.0 Å². The van der Waals surface area contributed by atoms with E-state index in [-0.39, 0.29) is 0 Å². The molecule has 27 heavy (non-hydrogen) atoms. The topological polar surface area (TPSA) is 0 Å². The van der Waals surface area contributed by atoms with E-state index >= 15 is 0 Å².